The highest BCUT2D eigenvalue weighted by atomic mass is 16.2. The van der Waals surface area contributed by atoms with E-state index in [-0.39, 0.29) is 22.8 Å². The van der Waals surface area contributed by atoms with Gasteiger partial charge in [-0.25, -0.2) is 9.97 Å². The Morgan fingerprint density at radius 2 is 1.86 bits per heavy atom. The molecule has 8 nitrogen and oxygen atoms in total. The highest BCUT2D eigenvalue weighted by molar-refractivity contribution is 5.94. The Labute approximate surface area is 169 Å². The van der Waals surface area contributed by atoms with E-state index < -0.39 is 0 Å². The summed E-state index contributed by atoms with van der Waals surface area (Å²) < 4.78 is 0. The van der Waals surface area contributed by atoms with Gasteiger partial charge >= 0.3 is 0 Å². The van der Waals surface area contributed by atoms with Crippen molar-refractivity contribution in [2.24, 2.45) is 0 Å². The molecular formula is C21H26N6O2. The molecule has 1 aliphatic carbocycles. The van der Waals surface area contributed by atoms with E-state index in [0.29, 0.717) is 5.56 Å². The van der Waals surface area contributed by atoms with Crippen LogP contribution in [0.2, 0.25) is 0 Å². The standard InChI is InChI=1S/C21H26N6O2/c22-20-24-17-15(18(28)25-20)5-6-21(17)7-11-26(12-8-21)16-4-3-14(13-23-16)19(29)27-9-1-2-10-27/h3-4,13H,1-2,5-12H2,(H3,22,24,25,28). The van der Waals surface area contributed by atoms with E-state index in [1.807, 2.05) is 17.0 Å². The molecule has 0 saturated carbocycles. The molecule has 8 heteroatoms. The number of fused-ring (bicyclic) bond motifs is 2. The molecule has 2 aromatic heterocycles. The summed E-state index contributed by atoms with van der Waals surface area (Å²) in [5.74, 6) is 1.18. The number of pyridine rings is 1. The molecule has 4 heterocycles. The number of rotatable bonds is 2. The fraction of sp³-hybridized carbons (Fsp3) is 0.524. The number of nitrogens with two attached hydrogens (primary N) is 1. The predicted molar refractivity (Wildman–Crippen MR) is 110 cm³/mol. The van der Waals surface area contributed by atoms with Gasteiger partial charge in [-0.3, -0.25) is 14.6 Å². The second kappa shape index (κ2) is 6.86. The minimum atomic E-state index is -0.0910. The number of hydrogen-bond donors (Lipinski definition) is 2. The molecule has 1 amide bonds. The molecule has 0 unspecified atom stereocenters. The summed E-state index contributed by atoms with van der Waals surface area (Å²) in [4.78, 5) is 40.6. The number of likely N-dealkylation sites (tertiary alicyclic amines) is 1. The first kappa shape index (κ1) is 18.1. The maximum Gasteiger partial charge on any atom is 0.255 e. The van der Waals surface area contributed by atoms with E-state index in [1.165, 1.54) is 0 Å². The van der Waals surface area contributed by atoms with Crippen LogP contribution >= 0.6 is 0 Å². The van der Waals surface area contributed by atoms with Crippen LogP contribution in [0.15, 0.2) is 23.1 Å². The Hall–Kier alpha value is -2.90. The first-order valence-electron chi connectivity index (χ1n) is 10.5. The summed E-state index contributed by atoms with van der Waals surface area (Å²) in [6.07, 6.45) is 7.44. The quantitative estimate of drug-likeness (QED) is 0.798. The number of piperidine rings is 1. The Morgan fingerprint density at radius 1 is 1.10 bits per heavy atom. The predicted octanol–water partition coefficient (Wildman–Crippen LogP) is 1.47. The second-order valence-electron chi connectivity index (χ2n) is 8.45. The van der Waals surface area contributed by atoms with Gasteiger partial charge in [-0.1, -0.05) is 0 Å². The van der Waals surface area contributed by atoms with Crippen LogP contribution in [-0.2, 0) is 11.8 Å². The zero-order valence-corrected chi connectivity index (χ0v) is 16.5. The van der Waals surface area contributed by atoms with Crippen molar-refractivity contribution in [2.75, 3.05) is 36.8 Å². The van der Waals surface area contributed by atoms with Crippen LogP contribution in [0.3, 0.4) is 0 Å². The van der Waals surface area contributed by atoms with E-state index in [9.17, 15) is 9.59 Å². The molecule has 0 aromatic carbocycles. The van der Waals surface area contributed by atoms with Gasteiger partial charge in [0.25, 0.3) is 11.5 Å². The fourth-order valence-electron chi connectivity index (χ4n) is 5.12. The van der Waals surface area contributed by atoms with Crippen molar-refractivity contribution >= 4 is 17.7 Å². The average molecular weight is 394 g/mol. The maximum atomic E-state index is 12.5. The van der Waals surface area contributed by atoms with E-state index in [1.54, 1.807) is 6.20 Å². The van der Waals surface area contributed by atoms with Crippen molar-refractivity contribution < 1.29 is 4.79 Å². The monoisotopic (exact) mass is 394 g/mol. The zero-order valence-electron chi connectivity index (χ0n) is 16.5. The lowest BCUT2D eigenvalue weighted by molar-refractivity contribution is 0.0792. The molecular weight excluding hydrogens is 368 g/mol. The molecule has 5 rings (SSSR count). The first-order valence-corrected chi connectivity index (χ1v) is 10.5. The smallest absolute Gasteiger partial charge is 0.255 e. The molecule has 3 aliphatic rings. The average Bonchev–Trinajstić information content (AvgIpc) is 3.38. The number of carbonyl (C=O) groups excluding carboxylic acids is 1. The van der Waals surface area contributed by atoms with Crippen LogP contribution in [0, 0.1) is 0 Å². The van der Waals surface area contributed by atoms with Crippen molar-refractivity contribution in [1.29, 1.82) is 0 Å². The van der Waals surface area contributed by atoms with Crippen LogP contribution in [-0.4, -0.2) is 51.9 Å². The van der Waals surface area contributed by atoms with Crippen molar-refractivity contribution in [1.82, 2.24) is 19.9 Å². The summed E-state index contributed by atoms with van der Waals surface area (Å²) >= 11 is 0. The molecule has 2 aromatic rings. The minimum Gasteiger partial charge on any atom is -0.369 e. The number of nitrogens with one attached hydrogen (secondary N) is 1. The minimum absolute atomic E-state index is 0.0557. The number of hydrogen-bond acceptors (Lipinski definition) is 6. The lowest BCUT2D eigenvalue weighted by Gasteiger charge is -2.40. The number of aromatic nitrogens is 3. The Bertz CT molecular complexity index is 985. The molecule has 0 bridgehead atoms. The van der Waals surface area contributed by atoms with E-state index >= 15 is 0 Å². The summed E-state index contributed by atoms with van der Waals surface area (Å²) in [6.45, 7) is 3.38. The molecule has 3 N–H and O–H groups in total. The molecule has 2 saturated heterocycles. The highest BCUT2D eigenvalue weighted by Gasteiger charge is 2.44. The van der Waals surface area contributed by atoms with E-state index in [0.717, 1.165) is 81.8 Å². The Morgan fingerprint density at radius 3 is 2.55 bits per heavy atom. The number of carbonyl (C=O) groups is 1. The number of amides is 1. The van der Waals surface area contributed by atoms with Gasteiger partial charge in [-0.15, -0.1) is 0 Å². The number of anilines is 2. The fourth-order valence-corrected chi connectivity index (χ4v) is 5.12. The summed E-state index contributed by atoms with van der Waals surface area (Å²) in [6, 6.07) is 3.84. The number of nitrogen functional groups attached to an aromatic ring is 1. The van der Waals surface area contributed by atoms with Crippen molar-refractivity contribution in [3.8, 4) is 0 Å². The van der Waals surface area contributed by atoms with Gasteiger partial charge in [0.1, 0.15) is 5.82 Å². The van der Waals surface area contributed by atoms with Gasteiger partial charge < -0.3 is 15.5 Å². The molecule has 29 heavy (non-hydrogen) atoms. The molecule has 152 valence electrons. The second-order valence-corrected chi connectivity index (χ2v) is 8.45. The van der Waals surface area contributed by atoms with Crippen molar-refractivity contribution in [3.05, 3.63) is 45.5 Å². The van der Waals surface area contributed by atoms with Gasteiger partial charge in [0, 0.05) is 43.4 Å². The zero-order chi connectivity index (χ0) is 20.0. The molecule has 2 fully saturated rings. The van der Waals surface area contributed by atoms with Crippen LogP contribution < -0.4 is 16.2 Å². The molecule has 0 radical (unpaired) electrons. The number of aromatic amines is 1. The molecule has 2 aliphatic heterocycles. The van der Waals surface area contributed by atoms with Gasteiger partial charge in [-0.2, -0.15) is 0 Å². The van der Waals surface area contributed by atoms with E-state index in [4.69, 9.17) is 5.73 Å². The Kier molecular flexibility index (Phi) is 4.29. The summed E-state index contributed by atoms with van der Waals surface area (Å²) in [5, 5.41) is 0. The number of H-pyrrole nitrogens is 1. The van der Waals surface area contributed by atoms with E-state index in [2.05, 4.69) is 19.9 Å². The van der Waals surface area contributed by atoms with Crippen LogP contribution in [0.5, 0.6) is 0 Å². The molecule has 0 atom stereocenters. The maximum absolute atomic E-state index is 12.5. The normalized spacial score (nSPS) is 20.3. The van der Waals surface area contributed by atoms with Gasteiger partial charge in [-0.05, 0) is 50.7 Å². The lowest BCUT2D eigenvalue weighted by Crippen LogP contribution is -2.42. The van der Waals surface area contributed by atoms with Gasteiger partial charge in [0.05, 0.1) is 11.3 Å². The van der Waals surface area contributed by atoms with Crippen LogP contribution in [0.25, 0.3) is 0 Å². The lowest BCUT2D eigenvalue weighted by atomic mass is 9.76. The third kappa shape index (κ3) is 3.07. The topological polar surface area (TPSA) is 108 Å². The first-order chi connectivity index (χ1) is 14.1. The van der Waals surface area contributed by atoms with Crippen LogP contribution in [0.4, 0.5) is 11.8 Å². The van der Waals surface area contributed by atoms with Crippen molar-refractivity contribution in [2.45, 2.75) is 43.9 Å². The third-order valence-corrected chi connectivity index (χ3v) is 6.82. The highest BCUT2D eigenvalue weighted by Crippen LogP contribution is 2.44. The van der Waals surface area contributed by atoms with Crippen LogP contribution in [0.1, 0.15) is 53.7 Å². The summed E-state index contributed by atoms with van der Waals surface area (Å²) in [7, 11) is 0. The molecule has 1 spiro atoms. The van der Waals surface area contributed by atoms with Crippen molar-refractivity contribution in [3.63, 3.8) is 0 Å². The third-order valence-electron chi connectivity index (χ3n) is 6.82. The largest absolute Gasteiger partial charge is 0.369 e. The number of nitrogens with zero attached hydrogens (tertiary/aromatic N) is 4. The Balaban J connectivity index is 1.30. The van der Waals surface area contributed by atoms with Gasteiger partial charge in [0.2, 0.25) is 5.95 Å². The SMILES string of the molecule is Nc1nc2c(c(=O)[nH]1)CCC21CCN(c2ccc(C(=O)N3CCCC3)cn2)CC1. The summed E-state index contributed by atoms with van der Waals surface area (Å²) in [5.41, 5.74) is 8.02. The van der Waals surface area contributed by atoms with Gasteiger partial charge in [0.15, 0.2) is 0 Å².